The van der Waals surface area contributed by atoms with Gasteiger partial charge in [0.25, 0.3) is 5.69 Å². The molecule has 0 amide bonds. The van der Waals surface area contributed by atoms with Gasteiger partial charge >= 0.3 is 0 Å². The van der Waals surface area contributed by atoms with Gasteiger partial charge in [-0.3, -0.25) is 10.1 Å². The van der Waals surface area contributed by atoms with Gasteiger partial charge in [-0.25, -0.2) is 0 Å². The minimum absolute atomic E-state index is 0.0360. The molecule has 1 aliphatic rings. The Hall–Kier alpha value is -1.82. The SMILES string of the molecule is CN(CC1CCOCC1)c1cc(N)cc([N+](=O)[O-])c1. The second-order valence-corrected chi connectivity index (χ2v) is 4.98. The van der Waals surface area contributed by atoms with E-state index in [1.165, 1.54) is 6.07 Å². The van der Waals surface area contributed by atoms with Gasteiger partial charge in [-0.05, 0) is 24.8 Å². The zero-order chi connectivity index (χ0) is 13.8. The minimum Gasteiger partial charge on any atom is -0.398 e. The van der Waals surface area contributed by atoms with Crippen molar-refractivity contribution in [3.63, 3.8) is 0 Å². The first-order chi connectivity index (χ1) is 9.06. The molecule has 0 aromatic heterocycles. The van der Waals surface area contributed by atoms with E-state index in [0.29, 0.717) is 11.6 Å². The Balaban J connectivity index is 2.09. The number of nitro benzene ring substituents is 1. The molecule has 0 spiro atoms. The van der Waals surface area contributed by atoms with E-state index in [0.717, 1.165) is 38.3 Å². The van der Waals surface area contributed by atoms with Crippen LogP contribution in [0.25, 0.3) is 0 Å². The van der Waals surface area contributed by atoms with Crippen LogP contribution in [-0.4, -0.2) is 31.7 Å². The van der Waals surface area contributed by atoms with Crippen LogP contribution in [0.4, 0.5) is 17.1 Å². The van der Waals surface area contributed by atoms with Crippen molar-refractivity contribution >= 4 is 17.1 Å². The van der Waals surface area contributed by atoms with Gasteiger partial charge in [0.05, 0.1) is 4.92 Å². The molecule has 6 heteroatoms. The fraction of sp³-hybridized carbons (Fsp3) is 0.538. The van der Waals surface area contributed by atoms with E-state index in [1.54, 1.807) is 12.1 Å². The molecule has 0 saturated carbocycles. The van der Waals surface area contributed by atoms with Crippen LogP contribution in [-0.2, 0) is 4.74 Å². The lowest BCUT2D eigenvalue weighted by molar-refractivity contribution is -0.384. The van der Waals surface area contributed by atoms with Gasteiger partial charge in [0, 0.05) is 50.3 Å². The van der Waals surface area contributed by atoms with Crippen molar-refractivity contribution in [3.05, 3.63) is 28.3 Å². The van der Waals surface area contributed by atoms with E-state index in [1.807, 2.05) is 11.9 Å². The third-order valence-corrected chi connectivity index (χ3v) is 3.45. The van der Waals surface area contributed by atoms with Gasteiger partial charge in [0.15, 0.2) is 0 Å². The van der Waals surface area contributed by atoms with Crippen molar-refractivity contribution in [1.82, 2.24) is 0 Å². The Morgan fingerprint density at radius 3 is 2.74 bits per heavy atom. The number of hydrogen-bond donors (Lipinski definition) is 1. The van der Waals surface area contributed by atoms with E-state index in [9.17, 15) is 10.1 Å². The van der Waals surface area contributed by atoms with Crippen molar-refractivity contribution in [2.45, 2.75) is 12.8 Å². The Morgan fingerprint density at radius 1 is 1.42 bits per heavy atom. The molecule has 1 aromatic carbocycles. The smallest absolute Gasteiger partial charge is 0.273 e. The molecule has 6 nitrogen and oxygen atoms in total. The Labute approximate surface area is 112 Å². The molecule has 0 aliphatic carbocycles. The second kappa shape index (κ2) is 5.88. The summed E-state index contributed by atoms with van der Waals surface area (Å²) in [5, 5.41) is 10.8. The van der Waals surface area contributed by atoms with Gasteiger partial charge in [0.1, 0.15) is 0 Å². The fourth-order valence-corrected chi connectivity index (χ4v) is 2.37. The third-order valence-electron chi connectivity index (χ3n) is 3.45. The standard InChI is InChI=1S/C13H19N3O3/c1-15(9-10-2-4-19-5-3-10)12-6-11(14)7-13(8-12)16(17)18/h6-8,10H,2-5,9,14H2,1H3. The molecule has 1 aromatic rings. The Morgan fingerprint density at radius 2 is 2.11 bits per heavy atom. The summed E-state index contributed by atoms with van der Waals surface area (Å²) in [6, 6.07) is 4.72. The summed E-state index contributed by atoms with van der Waals surface area (Å²) in [6.45, 7) is 2.47. The Bertz CT molecular complexity index is 458. The highest BCUT2D eigenvalue weighted by Gasteiger charge is 2.17. The summed E-state index contributed by atoms with van der Waals surface area (Å²) < 4.78 is 5.33. The fourth-order valence-electron chi connectivity index (χ4n) is 2.37. The van der Waals surface area contributed by atoms with E-state index in [4.69, 9.17) is 10.5 Å². The highest BCUT2D eigenvalue weighted by atomic mass is 16.6. The van der Waals surface area contributed by atoms with Crippen LogP contribution in [0, 0.1) is 16.0 Å². The maximum absolute atomic E-state index is 10.8. The molecule has 1 saturated heterocycles. The van der Waals surface area contributed by atoms with Gasteiger partial charge in [-0.2, -0.15) is 0 Å². The van der Waals surface area contributed by atoms with E-state index in [2.05, 4.69) is 0 Å². The number of hydrogen-bond acceptors (Lipinski definition) is 5. The predicted molar refractivity (Wildman–Crippen MR) is 74.3 cm³/mol. The number of nitrogens with two attached hydrogens (primary N) is 1. The number of benzene rings is 1. The van der Waals surface area contributed by atoms with Gasteiger partial charge in [-0.15, -0.1) is 0 Å². The summed E-state index contributed by atoms with van der Waals surface area (Å²) in [5.74, 6) is 0.569. The maximum Gasteiger partial charge on any atom is 0.273 e. The molecule has 0 unspecified atom stereocenters. The lowest BCUT2D eigenvalue weighted by Gasteiger charge is -2.28. The summed E-state index contributed by atoms with van der Waals surface area (Å²) in [6.07, 6.45) is 2.07. The van der Waals surface area contributed by atoms with Crippen molar-refractivity contribution in [2.75, 3.05) is 37.4 Å². The van der Waals surface area contributed by atoms with Crippen molar-refractivity contribution in [1.29, 1.82) is 0 Å². The first-order valence-corrected chi connectivity index (χ1v) is 6.40. The number of anilines is 2. The topological polar surface area (TPSA) is 81.6 Å². The molecular formula is C13H19N3O3. The number of nitrogens with zero attached hydrogens (tertiary/aromatic N) is 2. The number of ether oxygens (including phenoxy) is 1. The second-order valence-electron chi connectivity index (χ2n) is 4.98. The first kappa shape index (κ1) is 13.6. The quantitative estimate of drug-likeness (QED) is 0.512. The number of non-ortho nitro benzene ring substituents is 1. The average molecular weight is 265 g/mol. The normalized spacial score (nSPS) is 16.3. The van der Waals surface area contributed by atoms with Crippen LogP contribution in [0.5, 0.6) is 0 Å². The van der Waals surface area contributed by atoms with Gasteiger partial charge in [0.2, 0.25) is 0 Å². The predicted octanol–water partition coefficient (Wildman–Crippen LogP) is 2.04. The average Bonchev–Trinajstić information content (AvgIpc) is 2.39. The third kappa shape index (κ3) is 3.57. The lowest BCUT2D eigenvalue weighted by atomic mass is 9.99. The zero-order valence-electron chi connectivity index (χ0n) is 11.0. The maximum atomic E-state index is 10.8. The largest absolute Gasteiger partial charge is 0.398 e. The van der Waals surface area contributed by atoms with Crippen LogP contribution in [0.2, 0.25) is 0 Å². The van der Waals surface area contributed by atoms with Crippen LogP contribution < -0.4 is 10.6 Å². The number of nitrogen functional groups attached to an aromatic ring is 1. The summed E-state index contributed by atoms with van der Waals surface area (Å²) in [7, 11) is 1.94. The molecule has 0 atom stereocenters. The molecule has 19 heavy (non-hydrogen) atoms. The molecule has 2 rings (SSSR count). The van der Waals surface area contributed by atoms with Gasteiger partial charge in [-0.1, -0.05) is 0 Å². The van der Waals surface area contributed by atoms with Crippen LogP contribution in [0.15, 0.2) is 18.2 Å². The molecule has 1 aliphatic heterocycles. The molecule has 2 N–H and O–H groups in total. The molecule has 0 bridgehead atoms. The summed E-state index contributed by atoms with van der Waals surface area (Å²) in [4.78, 5) is 12.4. The summed E-state index contributed by atoms with van der Waals surface area (Å²) >= 11 is 0. The van der Waals surface area contributed by atoms with Gasteiger partial charge < -0.3 is 15.4 Å². The monoisotopic (exact) mass is 265 g/mol. The highest BCUT2D eigenvalue weighted by Crippen LogP contribution is 2.26. The van der Waals surface area contributed by atoms with E-state index in [-0.39, 0.29) is 5.69 Å². The summed E-state index contributed by atoms with van der Waals surface area (Å²) in [5.41, 5.74) is 6.96. The van der Waals surface area contributed by atoms with Crippen LogP contribution >= 0.6 is 0 Å². The van der Waals surface area contributed by atoms with E-state index < -0.39 is 4.92 Å². The zero-order valence-corrected chi connectivity index (χ0v) is 11.0. The number of nitro groups is 1. The van der Waals surface area contributed by atoms with E-state index >= 15 is 0 Å². The molecular weight excluding hydrogens is 246 g/mol. The highest BCUT2D eigenvalue weighted by molar-refractivity contribution is 5.62. The van der Waals surface area contributed by atoms with Crippen LogP contribution in [0.3, 0.4) is 0 Å². The van der Waals surface area contributed by atoms with Crippen molar-refractivity contribution in [2.24, 2.45) is 5.92 Å². The molecule has 1 heterocycles. The van der Waals surface area contributed by atoms with Crippen molar-refractivity contribution in [3.8, 4) is 0 Å². The number of rotatable bonds is 4. The Kier molecular flexibility index (Phi) is 4.21. The van der Waals surface area contributed by atoms with Crippen LogP contribution in [0.1, 0.15) is 12.8 Å². The molecule has 1 fully saturated rings. The minimum atomic E-state index is -0.415. The molecule has 0 radical (unpaired) electrons. The molecule has 104 valence electrons. The first-order valence-electron chi connectivity index (χ1n) is 6.40. The lowest BCUT2D eigenvalue weighted by Crippen LogP contribution is -2.29. The van der Waals surface area contributed by atoms with Crippen molar-refractivity contribution < 1.29 is 9.66 Å².